The molecule has 0 saturated heterocycles. The zero-order valence-electron chi connectivity index (χ0n) is 19.7. The Hall–Kier alpha value is -3.07. The van der Waals surface area contributed by atoms with Gasteiger partial charge in [-0.05, 0) is 82.9 Å². The molecule has 1 atom stereocenters. The third-order valence-electron chi connectivity index (χ3n) is 5.27. The number of nitrogens with one attached hydrogen (secondary N) is 1. The van der Waals surface area contributed by atoms with Gasteiger partial charge in [0.15, 0.2) is 0 Å². The van der Waals surface area contributed by atoms with Gasteiger partial charge in [0, 0.05) is 11.1 Å². The molecule has 3 aromatic carbocycles. The first-order valence-electron chi connectivity index (χ1n) is 10.8. The highest BCUT2D eigenvalue weighted by Gasteiger charge is 2.21. The summed E-state index contributed by atoms with van der Waals surface area (Å²) in [5, 5.41) is 3.03. The number of hydrogen-bond acceptors (Lipinski definition) is 2. The Morgan fingerprint density at radius 1 is 0.806 bits per heavy atom. The van der Waals surface area contributed by atoms with Crippen LogP contribution in [0.1, 0.15) is 70.6 Å². The maximum Gasteiger partial charge on any atom is 0.251 e. The minimum absolute atomic E-state index is 0.101. The van der Waals surface area contributed by atoms with Gasteiger partial charge < -0.3 is 10.1 Å². The molecule has 0 fully saturated rings. The van der Waals surface area contributed by atoms with Crippen molar-refractivity contribution in [1.29, 1.82) is 0 Å². The van der Waals surface area contributed by atoms with Crippen LogP contribution in [0.4, 0.5) is 0 Å². The molecule has 0 radical (unpaired) electrons. The average molecular weight is 416 g/mol. The third kappa shape index (κ3) is 5.75. The molecule has 3 aromatic rings. The molecule has 0 aliphatic carbocycles. The Kier molecular flexibility index (Phi) is 6.54. The van der Waals surface area contributed by atoms with Crippen molar-refractivity contribution in [2.24, 2.45) is 0 Å². The maximum atomic E-state index is 12.7. The van der Waals surface area contributed by atoms with Crippen molar-refractivity contribution in [3.8, 4) is 5.75 Å². The van der Waals surface area contributed by atoms with Gasteiger partial charge in [-0.25, -0.2) is 0 Å². The summed E-state index contributed by atoms with van der Waals surface area (Å²) >= 11 is 0. The Morgan fingerprint density at radius 3 is 2.06 bits per heavy atom. The average Bonchev–Trinajstić information content (AvgIpc) is 2.67. The van der Waals surface area contributed by atoms with Crippen LogP contribution in [0.2, 0.25) is 0 Å². The molecule has 0 heterocycles. The zero-order chi connectivity index (χ0) is 22.8. The minimum atomic E-state index is -0.299. The van der Waals surface area contributed by atoms with E-state index in [1.807, 2.05) is 45.9 Å². The highest BCUT2D eigenvalue weighted by atomic mass is 16.5. The van der Waals surface area contributed by atoms with Gasteiger partial charge in [0.1, 0.15) is 11.9 Å². The van der Waals surface area contributed by atoms with Crippen molar-refractivity contribution in [1.82, 2.24) is 5.32 Å². The van der Waals surface area contributed by atoms with Crippen LogP contribution < -0.4 is 10.1 Å². The van der Waals surface area contributed by atoms with Gasteiger partial charge in [0.2, 0.25) is 0 Å². The number of carbonyl (C=O) groups excluding carboxylic acids is 1. The van der Waals surface area contributed by atoms with E-state index in [2.05, 4.69) is 68.6 Å². The monoisotopic (exact) mass is 415 g/mol. The van der Waals surface area contributed by atoms with E-state index in [-0.39, 0.29) is 17.6 Å². The zero-order valence-corrected chi connectivity index (χ0v) is 19.7. The van der Waals surface area contributed by atoms with Crippen LogP contribution in [0, 0.1) is 27.7 Å². The molecular weight excluding hydrogens is 382 g/mol. The van der Waals surface area contributed by atoms with Crippen molar-refractivity contribution >= 4 is 5.91 Å². The van der Waals surface area contributed by atoms with Gasteiger partial charge in [-0.1, -0.05) is 59.7 Å². The lowest BCUT2D eigenvalue weighted by Gasteiger charge is -2.24. The largest absolute Gasteiger partial charge is 0.481 e. The highest BCUT2D eigenvalue weighted by Crippen LogP contribution is 2.33. The Labute approximate surface area is 186 Å². The molecule has 3 nitrogen and oxygen atoms in total. The fraction of sp³-hybridized carbons (Fsp3) is 0.321. The summed E-state index contributed by atoms with van der Waals surface area (Å²) in [6.07, 6.45) is -0.263. The molecule has 3 heteroatoms. The van der Waals surface area contributed by atoms with E-state index < -0.39 is 0 Å². The van der Waals surface area contributed by atoms with E-state index in [9.17, 15) is 4.79 Å². The number of amides is 1. The summed E-state index contributed by atoms with van der Waals surface area (Å²) < 4.78 is 6.62. The third-order valence-corrected chi connectivity index (χ3v) is 5.27. The molecule has 3 rings (SSSR count). The number of rotatable bonds is 5. The number of ether oxygens (including phenoxy) is 1. The van der Waals surface area contributed by atoms with Crippen LogP contribution in [-0.2, 0) is 0 Å². The molecule has 0 aromatic heterocycles. The summed E-state index contributed by atoms with van der Waals surface area (Å²) in [7, 11) is 0. The van der Waals surface area contributed by atoms with Gasteiger partial charge in [-0.15, -0.1) is 0 Å². The Bertz CT molecular complexity index is 1080. The standard InChI is InChI=1S/C28H33NO2/c1-18-8-12-22(13-9-18)26(24-15-10-19(2)16-21(24)4)31-25-17-23(14-11-20(25)3)27(30)29-28(5,6)7/h8-17,26H,1-7H3,(H,29,30). The van der Waals surface area contributed by atoms with Crippen molar-refractivity contribution in [2.75, 3.05) is 0 Å². The summed E-state index contributed by atoms with van der Waals surface area (Å²) in [5.41, 5.74) is 7.12. The van der Waals surface area contributed by atoms with Gasteiger partial charge in [-0.2, -0.15) is 0 Å². The van der Waals surface area contributed by atoms with E-state index in [4.69, 9.17) is 4.74 Å². The lowest BCUT2D eigenvalue weighted by atomic mass is 9.95. The van der Waals surface area contributed by atoms with Crippen LogP contribution in [-0.4, -0.2) is 11.4 Å². The van der Waals surface area contributed by atoms with Crippen LogP contribution in [0.5, 0.6) is 5.75 Å². The van der Waals surface area contributed by atoms with Gasteiger partial charge in [0.05, 0.1) is 0 Å². The second-order valence-electron chi connectivity index (χ2n) is 9.45. The van der Waals surface area contributed by atoms with Crippen LogP contribution >= 0.6 is 0 Å². The smallest absolute Gasteiger partial charge is 0.251 e. The number of benzene rings is 3. The molecule has 1 N–H and O–H groups in total. The minimum Gasteiger partial charge on any atom is -0.481 e. The molecule has 0 aliphatic heterocycles. The van der Waals surface area contributed by atoms with E-state index in [0.717, 1.165) is 16.7 Å². The molecule has 0 bridgehead atoms. The lowest BCUT2D eigenvalue weighted by Crippen LogP contribution is -2.40. The van der Waals surface area contributed by atoms with E-state index in [1.165, 1.54) is 16.7 Å². The Morgan fingerprint density at radius 2 is 1.45 bits per heavy atom. The fourth-order valence-corrected chi connectivity index (χ4v) is 3.58. The molecule has 1 unspecified atom stereocenters. The van der Waals surface area contributed by atoms with Crippen molar-refractivity contribution < 1.29 is 9.53 Å². The van der Waals surface area contributed by atoms with E-state index in [1.54, 1.807) is 0 Å². The second kappa shape index (κ2) is 8.97. The SMILES string of the molecule is Cc1ccc(C(Oc2cc(C(=O)NC(C)(C)C)ccc2C)c2ccc(C)cc2C)cc1. The molecule has 0 spiro atoms. The van der Waals surface area contributed by atoms with Crippen LogP contribution in [0.3, 0.4) is 0 Å². The van der Waals surface area contributed by atoms with Crippen molar-refractivity contribution in [3.05, 3.63) is 99.6 Å². The van der Waals surface area contributed by atoms with Crippen LogP contribution in [0.25, 0.3) is 0 Å². The predicted molar refractivity (Wildman–Crippen MR) is 128 cm³/mol. The summed E-state index contributed by atoms with van der Waals surface area (Å²) in [6, 6.07) is 20.5. The Balaban J connectivity index is 2.02. The molecule has 162 valence electrons. The van der Waals surface area contributed by atoms with Crippen molar-refractivity contribution in [3.63, 3.8) is 0 Å². The molecule has 0 aliphatic rings. The first-order chi connectivity index (χ1) is 14.5. The number of aryl methyl sites for hydroxylation is 4. The van der Waals surface area contributed by atoms with Gasteiger partial charge >= 0.3 is 0 Å². The summed E-state index contributed by atoms with van der Waals surface area (Å²) in [4.78, 5) is 12.7. The predicted octanol–water partition coefficient (Wildman–Crippen LogP) is 6.62. The normalized spacial score (nSPS) is 12.4. The van der Waals surface area contributed by atoms with E-state index >= 15 is 0 Å². The van der Waals surface area contributed by atoms with Crippen LogP contribution in [0.15, 0.2) is 60.7 Å². The summed E-state index contributed by atoms with van der Waals surface area (Å²) in [6.45, 7) is 14.2. The topological polar surface area (TPSA) is 38.3 Å². The molecule has 31 heavy (non-hydrogen) atoms. The highest BCUT2D eigenvalue weighted by molar-refractivity contribution is 5.95. The first-order valence-corrected chi connectivity index (χ1v) is 10.8. The number of hydrogen-bond donors (Lipinski definition) is 1. The van der Waals surface area contributed by atoms with Gasteiger partial charge in [-0.3, -0.25) is 4.79 Å². The quantitative estimate of drug-likeness (QED) is 0.509. The number of carbonyl (C=O) groups is 1. The first kappa shape index (κ1) is 22.6. The molecule has 0 saturated carbocycles. The van der Waals surface area contributed by atoms with Gasteiger partial charge in [0.25, 0.3) is 5.91 Å². The second-order valence-corrected chi connectivity index (χ2v) is 9.45. The summed E-state index contributed by atoms with van der Waals surface area (Å²) in [5.74, 6) is 0.614. The van der Waals surface area contributed by atoms with E-state index in [0.29, 0.717) is 11.3 Å². The molecular formula is C28H33NO2. The fourth-order valence-electron chi connectivity index (χ4n) is 3.58. The molecule has 1 amide bonds. The maximum absolute atomic E-state index is 12.7. The van der Waals surface area contributed by atoms with Crippen molar-refractivity contribution in [2.45, 2.75) is 60.1 Å². The lowest BCUT2D eigenvalue weighted by molar-refractivity contribution is 0.0919.